The second-order valence-corrected chi connectivity index (χ2v) is 6.82. The number of aromatic nitrogens is 1. The molecule has 3 aromatic rings. The number of likely N-dealkylation sites (tertiary alicyclic amines) is 1. The number of nitrogens with one attached hydrogen (secondary N) is 1. The van der Waals surface area contributed by atoms with Crippen molar-refractivity contribution in [2.24, 2.45) is 0 Å². The number of amides is 2. The van der Waals surface area contributed by atoms with E-state index < -0.39 is 11.7 Å². The average molecular weight is 401 g/mol. The van der Waals surface area contributed by atoms with Gasteiger partial charge in [0.1, 0.15) is 6.10 Å². The molecule has 1 N–H and O–H groups in total. The Kier molecular flexibility index (Phi) is 5.00. The maximum Gasteiger partial charge on any atom is 0.416 e. The van der Waals surface area contributed by atoms with Crippen LogP contribution in [0.4, 0.5) is 18.0 Å². The van der Waals surface area contributed by atoms with E-state index in [0.29, 0.717) is 19.6 Å². The first-order valence-electron chi connectivity index (χ1n) is 9.09. The van der Waals surface area contributed by atoms with Crippen LogP contribution in [0.15, 0.2) is 60.8 Å². The average Bonchev–Trinajstić information content (AvgIpc) is 2.68. The molecular formula is C21H18F3N3O2. The molecular weight excluding hydrogens is 383 g/mol. The van der Waals surface area contributed by atoms with Gasteiger partial charge in [-0.3, -0.25) is 0 Å². The number of halogens is 3. The lowest BCUT2D eigenvalue weighted by atomic mass is 10.0. The van der Waals surface area contributed by atoms with E-state index in [0.717, 1.165) is 34.7 Å². The van der Waals surface area contributed by atoms with Crippen LogP contribution >= 0.6 is 0 Å². The zero-order valence-corrected chi connectivity index (χ0v) is 15.3. The maximum atomic E-state index is 12.7. The fourth-order valence-electron chi connectivity index (χ4n) is 3.23. The van der Waals surface area contributed by atoms with E-state index in [4.69, 9.17) is 4.74 Å². The quantitative estimate of drug-likeness (QED) is 0.712. The minimum absolute atomic E-state index is 0.0966. The van der Waals surface area contributed by atoms with E-state index in [2.05, 4.69) is 10.3 Å². The van der Waals surface area contributed by atoms with Crippen LogP contribution in [-0.2, 0) is 12.7 Å². The van der Waals surface area contributed by atoms with Crippen LogP contribution in [0.1, 0.15) is 11.1 Å². The molecule has 0 radical (unpaired) electrons. The molecule has 0 saturated carbocycles. The number of nitrogens with zero attached hydrogens (tertiary/aromatic N) is 2. The van der Waals surface area contributed by atoms with Gasteiger partial charge in [-0.1, -0.05) is 42.5 Å². The Labute approximate surface area is 165 Å². The zero-order valence-electron chi connectivity index (χ0n) is 15.3. The lowest BCUT2D eigenvalue weighted by molar-refractivity contribution is -0.137. The zero-order chi connectivity index (χ0) is 20.4. The van der Waals surface area contributed by atoms with Gasteiger partial charge >= 0.3 is 12.2 Å². The lowest BCUT2D eigenvalue weighted by Crippen LogP contribution is -2.58. The summed E-state index contributed by atoms with van der Waals surface area (Å²) in [5.41, 5.74) is 0.199. The molecule has 2 aromatic carbocycles. The summed E-state index contributed by atoms with van der Waals surface area (Å²) in [6.07, 6.45) is -3.77. The number of benzene rings is 2. The van der Waals surface area contributed by atoms with Crippen LogP contribution in [0.2, 0.25) is 0 Å². The van der Waals surface area contributed by atoms with Crippen molar-refractivity contribution in [3.63, 3.8) is 0 Å². The standard InChI is InChI=1S/C21H18F3N3O2/c22-21(23,24)16-8-9-25-19(10-16)29-17-12-27(13-17)20(28)26-11-15-6-3-5-14-4-1-2-7-18(14)15/h1-10,17H,11-13H2,(H,26,28). The maximum absolute atomic E-state index is 12.7. The van der Waals surface area contributed by atoms with Gasteiger partial charge in [0.05, 0.1) is 18.7 Å². The molecule has 0 atom stereocenters. The predicted molar refractivity (Wildman–Crippen MR) is 101 cm³/mol. The molecule has 2 amide bonds. The molecule has 1 aliphatic heterocycles. The molecule has 0 aliphatic carbocycles. The van der Waals surface area contributed by atoms with Crippen LogP contribution < -0.4 is 10.1 Å². The van der Waals surface area contributed by atoms with Crippen molar-refractivity contribution in [2.75, 3.05) is 13.1 Å². The van der Waals surface area contributed by atoms with Crippen molar-refractivity contribution >= 4 is 16.8 Å². The van der Waals surface area contributed by atoms with Gasteiger partial charge in [0.15, 0.2) is 0 Å². The summed E-state index contributed by atoms with van der Waals surface area (Å²) in [6.45, 7) is 0.968. The largest absolute Gasteiger partial charge is 0.471 e. The first-order chi connectivity index (χ1) is 13.9. The molecule has 29 heavy (non-hydrogen) atoms. The molecule has 4 rings (SSSR count). The smallest absolute Gasteiger partial charge is 0.416 e. The molecule has 5 nitrogen and oxygen atoms in total. The summed E-state index contributed by atoms with van der Waals surface area (Å²) < 4.78 is 43.7. The minimum atomic E-state index is -4.45. The Balaban J connectivity index is 1.29. The highest BCUT2D eigenvalue weighted by molar-refractivity contribution is 5.86. The van der Waals surface area contributed by atoms with Crippen molar-refractivity contribution in [1.29, 1.82) is 0 Å². The third-order valence-electron chi connectivity index (χ3n) is 4.79. The summed E-state index contributed by atoms with van der Waals surface area (Å²) in [5, 5.41) is 5.05. The highest BCUT2D eigenvalue weighted by atomic mass is 19.4. The van der Waals surface area contributed by atoms with Gasteiger partial charge in [0.2, 0.25) is 5.88 Å². The molecule has 1 aromatic heterocycles. The Morgan fingerprint density at radius 2 is 1.90 bits per heavy atom. The monoisotopic (exact) mass is 401 g/mol. The molecule has 1 fully saturated rings. The molecule has 1 saturated heterocycles. The van der Waals surface area contributed by atoms with E-state index in [-0.39, 0.29) is 18.0 Å². The van der Waals surface area contributed by atoms with Crippen molar-refractivity contribution in [2.45, 2.75) is 18.8 Å². The number of alkyl halides is 3. The van der Waals surface area contributed by atoms with Gasteiger partial charge in [-0.15, -0.1) is 0 Å². The molecule has 0 spiro atoms. The van der Waals surface area contributed by atoms with Crippen LogP contribution in [0, 0.1) is 0 Å². The van der Waals surface area contributed by atoms with Crippen molar-refractivity contribution in [1.82, 2.24) is 15.2 Å². The summed E-state index contributed by atoms with van der Waals surface area (Å²) >= 11 is 0. The number of urea groups is 1. The van der Waals surface area contributed by atoms with E-state index in [9.17, 15) is 18.0 Å². The van der Waals surface area contributed by atoms with Crippen molar-refractivity contribution in [3.05, 3.63) is 71.9 Å². The fourth-order valence-corrected chi connectivity index (χ4v) is 3.23. The van der Waals surface area contributed by atoms with Gasteiger partial charge in [-0.05, 0) is 22.4 Å². The molecule has 2 heterocycles. The van der Waals surface area contributed by atoms with E-state index in [1.165, 1.54) is 0 Å². The molecule has 0 unspecified atom stereocenters. The lowest BCUT2D eigenvalue weighted by Gasteiger charge is -2.38. The molecule has 1 aliphatic rings. The Morgan fingerprint density at radius 3 is 2.69 bits per heavy atom. The van der Waals surface area contributed by atoms with Crippen LogP contribution in [0.25, 0.3) is 10.8 Å². The van der Waals surface area contributed by atoms with Gasteiger partial charge in [-0.2, -0.15) is 13.2 Å². The number of ether oxygens (including phenoxy) is 1. The second-order valence-electron chi connectivity index (χ2n) is 6.82. The van der Waals surface area contributed by atoms with Gasteiger partial charge in [0.25, 0.3) is 0 Å². The highest BCUT2D eigenvalue weighted by Gasteiger charge is 2.34. The number of fused-ring (bicyclic) bond motifs is 1. The third kappa shape index (κ3) is 4.26. The summed E-state index contributed by atoms with van der Waals surface area (Å²) in [5.74, 6) is -0.0966. The van der Waals surface area contributed by atoms with Crippen LogP contribution in [-0.4, -0.2) is 35.1 Å². The minimum Gasteiger partial charge on any atom is -0.471 e. The van der Waals surface area contributed by atoms with E-state index in [1.54, 1.807) is 4.90 Å². The highest BCUT2D eigenvalue weighted by Crippen LogP contribution is 2.31. The molecule has 0 bridgehead atoms. The SMILES string of the molecule is O=C(NCc1cccc2ccccc12)N1CC(Oc2cc(C(F)(F)F)ccn2)C1. The van der Waals surface area contributed by atoms with Crippen molar-refractivity contribution < 1.29 is 22.7 Å². The summed E-state index contributed by atoms with van der Waals surface area (Å²) in [7, 11) is 0. The third-order valence-corrected chi connectivity index (χ3v) is 4.79. The first kappa shape index (κ1) is 19.0. The summed E-state index contributed by atoms with van der Waals surface area (Å²) in [6, 6.07) is 15.4. The normalized spacial score (nSPS) is 14.5. The fraction of sp³-hybridized carbons (Fsp3) is 0.238. The Morgan fingerprint density at radius 1 is 1.14 bits per heavy atom. The number of carbonyl (C=O) groups is 1. The van der Waals surface area contributed by atoms with Gasteiger partial charge < -0.3 is 15.0 Å². The molecule has 150 valence electrons. The van der Waals surface area contributed by atoms with Crippen LogP contribution in [0.3, 0.4) is 0 Å². The van der Waals surface area contributed by atoms with Crippen LogP contribution in [0.5, 0.6) is 5.88 Å². The predicted octanol–water partition coefficient (Wildman–Crippen LogP) is 4.23. The van der Waals surface area contributed by atoms with Gasteiger partial charge in [0, 0.05) is 18.8 Å². The Hall–Kier alpha value is -3.29. The summed E-state index contributed by atoms with van der Waals surface area (Å²) in [4.78, 5) is 17.7. The number of hydrogen-bond donors (Lipinski definition) is 1. The molecule has 8 heteroatoms. The number of carbonyl (C=O) groups excluding carboxylic acids is 1. The number of rotatable bonds is 4. The second kappa shape index (κ2) is 7.62. The number of pyridine rings is 1. The van der Waals surface area contributed by atoms with Crippen molar-refractivity contribution in [3.8, 4) is 5.88 Å². The van der Waals surface area contributed by atoms with Gasteiger partial charge in [-0.25, -0.2) is 9.78 Å². The van der Waals surface area contributed by atoms with E-state index in [1.807, 2.05) is 42.5 Å². The van der Waals surface area contributed by atoms with E-state index >= 15 is 0 Å². The Bertz CT molecular complexity index is 1030. The first-order valence-corrected chi connectivity index (χ1v) is 9.09. The number of hydrogen-bond acceptors (Lipinski definition) is 3. The topological polar surface area (TPSA) is 54.5 Å².